The van der Waals surface area contributed by atoms with Gasteiger partial charge in [0.2, 0.25) is 0 Å². The zero-order chi connectivity index (χ0) is 22.1. The van der Waals surface area contributed by atoms with E-state index >= 15 is 0 Å². The fourth-order valence-corrected chi connectivity index (χ4v) is 5.05. The maximum Gasteiger partial charge on any atom is 0.336 e. The van der Waals surface area contributed by atoms with Crippen molar-refractivity contribution in [3.8, 4) is 0 Å². The molecule has 0 bridgehead atoms. The number of nitrogens with zero attached hydrogens (tertiary/aromatic N) is 3. The number of hydrogen-bond donors (Lipinski definition) is 0. The lowest BCUT2D eigenvalue weighted by molar-refractivity contribution is 0.0330. The summed E-state index contributed by atoms with van der Waals surface area (Å²) in [5.74, 6) is 1.44. The number of hydrogen-bond acceptors (Lipinski definition) is 7. The van der Waals surface area contributed by atoms with Gasteiger partial charge in [0.25, 0.3) is 0 Å². The summed E-state index contributed by atoms with van der Waals surface area (Å²) in [6.07, 6.45) is 0. The van der Waals surface area contributed by atoms with Crippen molar-refractivity contribution in [2.75, 3.05) is 26.3 Å². The van der Waals surface area contributed by atoms with Crippen LogP contribution in [-0.4, -0.2) is 41.2 Å². The van der Waals surface area contributed by atoms with Crippen molar-refractivity contribution in [2.24, 2.45) is 0 Å². The molecule has 2 aromatic carbocycles. The summed E-state index contributed by atoms with van der Waals surface area (Å²) in [5.41, 5.74) is 4.38. The van der Waals surface area contributed by atoms with Crippen molar-refractivity contribution >= 4 is 33.6 Å². The number of ether oxygens (including phenoxy) is 1. The number of morpholine rings is 1. The standard InChI is InChI=1S/C25H25N3O3S/c1-16-7-8-19-18(13-23(29)31-24(19)17(16)2)15-32-25-20-5-3-4-6-21(20)26-22(27-25)14-28-9-11-30-12-10-28/h3-8,13H,9-12,14-15H2,1-2H3. The number of para-hydroxylation sites is 1. The fourth-order valence-electron chi connectivity index (χ4n) is 4.02. The molecule has 164 valence electrons. The molecule has 0 saturated carbocycles. The Hall–Kier alpha value is -2.74. The van der Waals surface area contributed by atoms with Crippen molar-refractivity contribution in [3.05, 3.63) is 75.4 Å². The summed E-state index contributed by atoms with van der Waals surface area (Å²) >= 11 is 1.64. The Balaban J connectivity index is 1.49. The minimum atomic E-state index is -0.317. The van der Waals surface area contributed by atoms with Crippen molar-refractivity contribution in [1.29, 1.82) is 0 Å². The Labute approximate surface area is 190 Å². The smallest absolute Gasteiger partial charge is 0.336 e. The number of benzene rings is 2. The minimum absolute atomic E-state index is 0.317. The first kappa shape index (κ1) is 21.1. The second-order valence-corrected chi connectivity index (χ2v) is 9.08. The highest BCUT2D eigenvalue weighted by molar-refractivity contribution is 7.98. The van der Waals surface area contributed by atoms with Gasteiger partial charge in [-0.1, -0.05) is 30.3 Å². The number of aryl methyl sites for hydroxylation is 2. The van der Waals surface area contributed by atoms with E-state index in [4.69, 9.17) is 19.1 Å². The van der Waals surface area contributed by atoms with Gasteiger partial charge in [-0.25, -0.2) is 14.8 Å². The maximum absolute atomic E-state index is 12.2. The Kier molecular flexibility index (Phi) is 5.95. The third-order valence-corrected chi connectivity index (χ3v) is 7.01. The molecule has 0 unspecified atom stereocenters. The zero-order valence-electron chi connectivity index (χ0n) is 18.3. The molecule has 0 atom stereocenters. The van der Waals surface area contributed by atoms with Gasteiger partial charge in [-0.05, 0) is 36.6 Å². The molecule has 1 saturated heterocycles. The summed E-state index contributed by atoms with van der Waals surface area (Å²) < 4.78 is 11.0. The minimum Gasteiger partial charge on any atom is -0.422 e. The molecule has 0 amide bonds. The van der Waals surface area contributed by atoms with Crippen LogP contribution in [0.4, 0.5) is 0 Å². The van der Waals surface area contributed by atoms with E-state index in [0.29, 0.717) is 17.9 Å². The molecule has 0 spiro atoms. The number of fused-ring (bicyclic) bond motifs is 2. The third-order valence-electron chi connectivity index (χ3n) is 5.97. The number of rotatable bonds is 5. The first-order chi connectivity index (χ1) is 15.6. The molecule has 5 rings (SSSR count). The van der Waals surface area contributed by atoms with Crippen LogP contribution in [0.2, 0.25) is 0 Å². The Morgan fingerprint density at radius 3 is 2.69 bits per heavy atom. The predicted octanol–water partition coefficient (Wildman–Crippen LogP) is 4.48. The number of thioether (sulfide) groups is 1. The lowest BCUT2D eigenvalue weighted by Crippen LogP contribution is -2.36. The second kappa shape index (κ2) is 9.02. The van der Waals surface area contributed by atoms with Crippen LogP contribution in [0.3, 0.4) is 0 Å². The van der Waals surface area contributed by atoms with Crippen LogP contribution < -0.4 is 5.63 Å². The second-order valence-electron chi connectivity index (χ2n) is 8.11. The van der Waals surface area contributed by atoms with Gasteiger partial charge in [0, 0.05) is 35.7 Å². The van der Waals surface area contributed by atoms with Crippen molar-refractivity contribution < 1.29 is 9.15 Å². The predicted molar refractivity (Wildman–Crippen MR) is 127 cm³/mol. The molecule has 0 aliphatic carbocycles. The molecule has 1 aliphatic heterocycles. The van der Waals surface area contributed by atoms with Gasteiger partial charge in [0.15, 0.2) is 0 Å². The summed E-state index contributed by atoms with van der Waals surface area (Å²) in [4.78, 5) is 24.3. The zero-order valence-corrected chi connectivity index (χ0v) is 19.1. The Morgan fingerprint density at radius 2 is 1.84 bits per heavy atom. The molecular weight excluding hydrogens is 422 g/mol. The summed E-state index contributed by atoms with van der Waals surface area (Å²) in [6, 6.07) is 13.8. The normalized spacial score (nSPS) is 14.9. The van der Waals surface area contributed by atoms with Gasteiger partial charge < -0.3 is 9.15 Å². The molecule has 2 aromatic heterocycles. The average molecular weight is 448 g/mol. The van der Waals surface area contributed by atoms with Crippen LogP contribution in [-0.2, 0) is 17.0 Å². The largest absolute Gasteiger partial charge is 0.422 e. The Bertz CT molecular complexity index is 1350. The van der Waals surface area contributed by atoms with Gasteiger partial charge in [-0.15, -0.1) is 11.8 Å². The molecule has 4 aromatic rings. The SMILES string of the molecule is Cc1ccc2c(CSc3nc(CN4CCOCC4)nc4ccccc34)cc(=O)oc2c1C. The lowest BCUT2D eigenvalue weighted by atomic mass is 10.0. The van der Waals surface area contributed by atoms with E-state index in [9.17, 15) is 4.79 Å². The van der Waals surface area contributed by atoms with E-state index in [1.165, 1.54) is 0 Å². The van der Waals surface area contributed by atoms with Gasteiger partial charge in [-0.3, -0.25) is 4.90 Å². The molecule has 3 heterocycles. The first-order valence-electron chi connectivity index (χ1n) is 10.8. The van der Waals surface area contributed by atoms with Crippen LogP contribution in [0, 0.1) is 13.8 Å². The first-order valence-corrected chi connectivity index (χ1v) is 11.8. The van der Waals surface area contributed by atoms with Gasteiger partial charge in [-0.2, -0.15) is 0 Å². The van der Waals surface area contributed by atoms with Gasteiger partial charge in [0.05, 0.1) is 25.3 Å². The van der Waals surface area contributed by atoms with E-state index in [1.54, 1.807) is 17.8 Å². The van der Waals surface area contributed by atoms with Crippen LogP contribution in [0.15, 0.2) is 56.7 Å². The van der Waals surface area contributed by atoms with E-state index < -0.39 is 0 Å². The van der Waals surface area contributed by atoms with E-state index in [1.807, 2.05) is 38.1 Å². The van der Waals surface area contributed by atoms with Crippen molar-refractivity contribution in [1.82, 2.24) is 14.9 Å². The average Bonchev–Trinajstić information content (AvgIpc) is 2.80. The highest BCUT2D eigenvalue weighted by Crippen LogP contribution is 2.31. The molecule has 0 N–H and O–H groups in total. The molecule has 0 radical (unpaired) electrons. The molecule has 32 heavy (non-hydrogen) atoms. The third kappa shape index (κ3) is 4.28. The fraction of sp³-hybridized carbons (Fsp3) is 0.320. The van der Waals surface area contributed by atoms with E-state index in [0.717, 1.165) is 70.1 Å². The van der Waals surface area contributed by atoms with Crippen LogP contribution in [0.25, 0.3) is 21.9 Å². The van der Waals surface area contributed by atoms with Crippen LogP contribution >= 0.6 is 11.8 Å². The van der Waals surface area contributed by atoms with E-state index in [2.05, 4.69) is 17.0 Å². The highest BCUT2D eigenvalue weighted by atomic mass is 32.2. The molecule has 7 heteroatoms. The molecule has 6 nitrogen and oxygen atoms in total. The monoisotopic (exact) mass is 447 g/mol. The van der Waals surface area contributed by atoms with Crippen molar-refractivity contribution in [3.63, 3.8) is 0 Å². The molecule has 1 aliphatic rings. The van der Waals surface area contributed by atoms with Crippen molar-refractivity contribution in [2.45, 2.75) is 31.2 Å². The Morgan fingerprint density at radius 1 is 1.03 bits per heavy atom. The highest BCUT2D eigenvalue weighted by Gasteiger charge is 2.16. The summed E-state index contributed by atoms with van der Waals surface area (Å²) in [7, 11) is 0. The topological polar surface area (TPSA) is 68.5 Å². The van der Waals surface area contributed by atoms with Crippen LogP contribution in [0.5, 0.6) is 0 Å². The quantitative estimate of drug-likeness (QED) is 0.254. The summed E-state index contributed by atoms with van der Waals surface area (Å²) in [5, 5.41) is 2.94. The summed E-state index contributed by atoms with van der Waals surface area (Å²) in [6.45, 7) is 8.01. The molecular formula is C25H25N3O3S. The van der Waals surface area contributed by atoms with Gasteiger partial charge >= 0.3 is 5.63 Å². The lowest BCUT2D eigenvalue weighted by Gasteiger charge is -2.25. The maximum atomic E-state index is 12.2. The molecule has 1 fully saturated rings. The van der Waals surface area contributed by atoms with Gasteiger partial charge in [0.1, 0.15) is 16.4 Å². The van der Waals surface area contributed by atoms with E-state index in [-0.39, 0.29) is 5.63 Å². The number of aromatic nitrogens is 2. The van der Waals surface area contributed by atoms with Crippen LogP contribution in [0.1, 0.15) is 22.5 Å².